The molecule has 2 nitrogen and oxygen atoms in total. The van der Waals surface area contributed by atoms with Crippen molar-refractivity contribution in [2.24, 2.45) is 0 Å². The minimum absolute atomic E-state index is 0.664. The second-order valence-electron chi connectivity index (χ2n) is 3.87. The van der Waals surface area contributed by atoms with Gasteiger partial charge in [0.1, 0.15) is 11.8 Å². The molecule has 0 atom stereocenters. The zero-order chi connectivity index (χ0) is 11.7. The third-order valence-corrected chi connectivity index (χ3v) is 2.84. The Morgan fingerprint density at radius 3 is 2.35 bits per heavy atom. The van der Waals surface area contributed by atoms with Crippen LogP contribution in [0.1, 0.15) is 5.69 Å². The van der Waals surface area contributed by atoms with Crippen molar-refractivity contribution < 1.29 is 0 Å². The fraction of sp³-hybridized carbons (Fsp3) is 0. The van der Waals surface area contributed by atoms with Crippen molar-refractivity contribution in [3.05, 3.63) is 66.4 Å². The molecule has 0 aliphatic rings. The first kappa shape index (κ1) is 9.68. The van der Waals surface area contributed by atoms with Crippen LogP contribution in [-0.4, -0.2) is 4.57 Å². The Kier molecular flexibility index (Phi) is 2.16. The van der Waals surface area contributed by atoms with Crippen LogP contribution in [0, 0.1) is 11.3 Å². The molecule has 0 unspecified atom stereocenters. The van der Waals surface area contributed by atoms with Gasteiger partial charge in [0.25, 0.3) is 0 Å². The zero-order valence-electron chi connectivity index (χ0n) is 9.17. The van der Waals surface area contributed by atoms with Crippen molar-refractivity contribution in [1.29, 1.82) is 5.26 Å². The second-order valence-corrected chi connectivity index (χ2v) is 3.87. The molecule has 1 heterocycles. The number of hydrogen-bond donors (Lipinski definition) is 0. The summed E-state index contributed by atoms with van der Waals surface area (Å²) in [7, 11) is 0. The quantitative estimate of drug-likeness (QED) is 0.614. The average Bonchev–Trinajstić information content (AvgIpc) is 2.78. The fourth-order valence-corrected chi connectivity index (χ4v) is 2.09. The topological polar surface area (TPSA) is 28.7 Å². The Morgan fingerprint density at radius 2 is 1.59 bits per heavy atom. The summed E-state index contributed by atoms with van der Waals surface area (Å²) >= 11 is 0. The van der Waals surface area contributed by atoms with E-state index in [1.807, 2.05) is 65.2 Å². The van der Waals surface area contributed by atoms with Gasteiger partial charge in [0.15, 0.2) is 0 Å². The Labute approximate surface area is 99.3 Å². The van der Waals surface area contributed by atoms with Crippen LogP contribution in [0.25, 0.3) is 16.6 Å². The van der Waals surface area contributed by atoms with E-state index < -0.39 is 0 Å². The molecule has 0 fully saturated rings. The molecule has 0 saturated heterocycles. The van der Waals surface area contributed by atoms with Gasteiger partial charge in [0.05, 0.1) is 5.52 Å². The Bertz CT molecular complexity index is 703. The van der Waals surface area contributed by atoms with Crippen LogP contribution >= 0.6 is 0 Å². The first-order valence-electron chi connectivity index (χ1n) is 5.46. The van der Waals surface area contributed by atoms with Crippen LogP contribution in [-0.2, 0) is 0 Å². The number of nitriles is 1. The van der Waals surface area contributed by atoms with Crippen LogP contribution in [0.15, 0.2) is 60.7 Å². The molecule has 3 aromatic rings. The van der Waals surface area contributed by atoms with E-state index in [0.29, 0.717) is 5.69 Å². The van der Waals surface area contributed by atoms with Crippen LogP contribution in [0.2, 0.25) is 0 Å². The third-order valence-electron chi connectivity index (χ3n) is 2.84. The lowest BCUT2D eigenvalue weighted by molar-refractivity contribution is 1.09. The third kappa shape index (κ3) is 1.49. The molecule has 0 N–H and O–H groups in total. The Morgan fingerprint density at radius 1 is 0.882 bits per heavy atom. The molecule has 2 aromatic carbocycles. The van der Waals surface area contributed by atoms with Crippen molar-refractivity contribution >= 4 is 10.9 Å². The lowest BCUT2D eigenvalue weighted by Crippen LogP contribution is -1.95. The average molecular weight is 218 g/mol. The maximum Gasteiger partial charge on any atom is 0.125 e. The highest BCUT2D eigenvalue weighted by Gasteiger charge is 2.08. The van der Waals surface area contributed by atoms with Gasteiger partial charge in [0.2, 0.25) is 0 Å². The smallest absolute Gasteiger partial charge is 0.125 e. The van der Waals surface area contributed by atoms with Crippen molar-refractivity contribution in [2.75, 3.05) is 0 Å². The summed E-state index contributed by atoms with van der Waals surface area (Å²) in [6.07, 6.45) is 0. The predicted octanol–water partition coefficient (Wildman–Crippen LogP) is 3.50. The Balaban J connectivity index is 2.39. The lowest BCUT2D eigenvalue weighted by atomic mass is 10.2. The van der Waals surface area contributed by atoms with E-state index in [-0.39, 0.29) is 0 Å². The summed E-state index contributed by atoms with van der Waals surface area (Å²) in [5.41, 5.74) is 2.75. The molecular formula is C15H10N2. The molecule has 80 valence electrons. The molecule has 2 heteroatoms. The minimum atomic E-state index is 0.664. The Hall–Kier alpha value is -2.53. The van der Waals surface area contributed by atoms with Crippen LogP contribution in [0.5, 0.6) is 0 Å². The molecule has 0 aliphatic heterocycles. The van der Waals surface area contributed by atoms with E-state index in [0.717, 1.165) is 16.6 Å². The maximum absolute atomic E-state index is 9.21. The van der Waals surface area contributed by atoms with Gasteiger partial charge in [-0.05, 0) is 24.3 Å². The van der Waals surface area contributed by atoms with Crippen LogP contribution in [0.4, 0.5) is 0 Å². The lowest BCUT2D eigenvalue weighted by Gasteiger charge is -2.06. The maximum atomic E-state index is 9.21. The summed E-state index contributed by atoms with van der Waals surface area (Å²) in [5.74, 6) is 0. The van der Waals surface area contributed by atoms with Crippen molar-refractivity contribution in [3.8, 4) is 11.8 Å². The monoisotopic (exact) mass is 218 g/mol. The molecule has 1 aromatic heterocycles. The number of para-hydroxylation sites is 2. The summed E-state index contributed by atoms with van der Waals surface area (Å²) in [4.78, 5) is 0. The molecule has 0 saturated carbocycles. The molecule has 0 radical (unpaired) electrons. The predicted molar refractivity (Wildman–Crippen MR) is 68.0 cm³/mol. The van der Waals surface area contributed by atoms with Crippen molar-refractivity contribution in [1.82, 2.24) is 4.57 Å². The van der Waals surface area contributed by atoms with Crippen LogP contribution in [0.3, 0.4) is 0 Å². The highest BCUT2D eigenvalue weighted by atomic mass is 15.0. The van der Waals surface area contributed by atoms with Crippen LogP contribution < -0.4 is 0 Å². The number of benzene rings is 2. The van der Waals surface area contributed by atoms with Gasteiger partial charge in [-0.3, -0.25) is 0 Å². The summed E-state index contributed by atoms with van der Waals surface area (Å²) in [5, 5.41) is 10.3. The summed E-state index contributed by atoms with van der Waals surface area (Å²) in [6.45, 7) is 0. The van der Waals surface area contributed by atoms with Gasteiger partial charge < -0.3 is 4.57 Å². The number of hydrogen-bond acceptors (Lipinski definition) is 1. The van der Waals surface area contributed by atoms with E-state index >= 15 is 0 Å². The van der Waals surface area contributed by atoms with Gasteiger partial charge in [0, 0.05) is 11.1 Å². The van der Waals surface area contributed by atoms with E-state index in [1.165, 1.54) is 0 Å². The first-order valence-corrected chi connectivity index (χ1v) is 5.46. The van der Waals surface area contributed by atoms with Gasteiger partial charge in [-0.2, -0.15) is 5.26 Å². The first-order chi connectivity index (χ1) is 8.40. The highest BCUT2D eigenvalue weighted by molar-refractivity contribution is 5.84. The zero-order valence-corrected chi connectivity index (χ0v) is 9.17. The largest absolute Gasteiger partial charge is 0.301 e. The normalized spacial score (nSPS) is 10.3. The highest BCUT2D eigenvalue weighted by Crippen LogP contribution is 2.23. The van der Waals surface area contributed by atoms with E-state index in [4.69, 9.17) is 0 Å². The molecule has 0 amide bonds. The number of rotatable bonds is 1. The molecule has 17 heavy (non-hydrogen) atoms. The molecule has 0 bridgehead atoms. The standard InChI is InChI=1S/C15H10N2/c16-11-14-10-12-6-4-5-9-15(12)17(14)13-7-2-1-3-8-13/h1-10H. The van der Waals surface area contributed by atoms with Gasteiger partial charge in [-0.15, -0.1) is 0 Å². The number of nitrogens with zero attached hydrogens (tertiary/aromatic N) is 2. The number of fused-ring (bicyclic) bond motifs is 1. The van der Waals surface area contributed by atoms with Gasteiger partial charge in [-0.1, -0.05) is 36.4 Å². The molecule has 3 rings (SSSR count). The van der Waals surface area contributed by atoms with Gasteiger partial charge in [-0.25, -0.2) is 0 Å². The molecule has 0 spiro atoms. The van der Waals surface area contributed by atoms with E-state index in [9.17, 15) is 5.26 Å². The van der Waals surface area contributed by atoms with Crippen molar-refractivity contribution in [2.45, 2.75) is 0 Å². The SMILES string of the molecule is N#Cc1cc2ccccc2n1-c1ccccc1. The summed E-state index contributed by atoms with van der Waals surface area (Å²) in [6, 6.07) is 22.1. The van der Waals surface area contributed by atoms with E-state index in [2.05, 4.69) is 6.07 Å². The fourth-order valence-electron chi connectivity index (χ4n) is 2.09. The minimum Gasteiger partial charge on any atom is -0.301 e. The number of aromatic nitrogens is 1. The second kappa shape index (κ2) is 3.80. The summed E-state index contributed by atoms with van der Waals surface area (Å²) < 4.78 is 1.98. The molecule has 0 aliphatic carbocycles. The van der Waals surface area contributed by atoms with Crippen molar-refractivity contribution in [3.63, 3.8) is 0 Å². The van der Waals surface area contributed by atoms with Gasteiger partial charge >= 0.3 is 0 Å². The van der Waals surface area contributed by atoms with E-state index in [1.54, 1.807) is 0 Å². The molecular weight excluding hydrogens is 208 g/mol.